The van der Waals surface area contributed by atoms with Gasteiger partial charge in [0.1, 0.15) is 5.75 Å². The monoisotopic (exact) mass is 372 g/mol. The normalized spacial score (nSPS) is 13.2. The van der Waals surface area contributed by atoms with Crippen molar-refractivity contribution in [1.29, 1.82) is 0 Å². The van der Waals surface area contributed by atoms with Gasteiger partial charge in [0, 0.05) is 0 Å². The highest BCUT2D eigenvalue weighted by Crippen LogP contribution is 2.38. The molecule has 0 spiro atoms. The molecule has 0 aliphatic carbocycles. The molecular formula is C19H37ClOSi2. The van der Waals surface area contributed by atoms with E-state index < -0.39 is 15.7 Å². The van der Waals surface area contributed by atoms with E-state index in [1.54, 1.807) is 0 Å². The lowest BCUT2D eigenvalue weighted by molar-refractivity contribution is 0.489. The molecule has 0 aliphatic heterocycles. The third-order valence-electron chi connectivity index (χ3n) is 5.05. The van der Waals surface area contributed by atoms with Gasteiger partial charge < -0.3 is 4.43 Å². The maximum absolute atomic E-state index is 6.24. The number of hydrogen-bond acceptors (Lipinski definition) is 1. The maximum Gasteiger partial charge on any atom is 0.250 e. The summed E-state index contributed by atoms with van der Waals surface area (Å²) < 4.78 is 6.24. The summed E-state index contributed by atoms with van der Waals surface area (Å²) in [5.74, 6) is 1.05. The molecule has 1 aromatic rings. The van der Waals surface area contributed by atoms with Crippen LogP contribution in [0.5, 0.6) is 5.75 Å². The van der Waals surface area contributed by atoms with Crippen LogP contribution in [0, 0.1) is 6.92 Å². The maximum atomic E-state index is 6.24. The standard InChI is InChI=1S/C13H22OSi.C6H15ClSi/c1-11-9-7-8-10-12(11)14-15(5,6)13(2,3)4;1-6(2,3)8(4,5)7/h7-10H,1-6H3;1-5H3. The topological polar surface area (TPSA) is 9.23 Å². The molecular weight excluding hydrogens is 336 g/mol. The fourth-order valence-corrected chi connectivity index (χ4v) is 2.18. The zero-order valence-corrected chi connectivity index (χ0v) is 19.9. The van der Waals surface area contributed by atoms with Crippen molar-refractivity contribution >= 4 is 26.8 Å². The highest BCUT2D eigenvalue weighted by atomic mass is 35.6. The molecule has 0 aliphatic rings. The van der Waals surface area contributed by atoms with Gasteiger partial charge in [-0.05, 0) is 41.7 Å². The van der Waals surface area contributed by atoms with Crippen LogP contribution in [0.4, 0.5) is 0 Å². The average Bonchev–Trinajstić information content (AvgIpc) is 2.28. The Hall–Kier alpha value is -0.256. The summed E-state index contributed by atoms with van der Waals surface area (Å²) in [5, 5.41) is 0.601. The first-order valence-corrected chi connectivity index (χ1v) is 15.3. The molecule has 23 heavy (non-hydrogen) atoms. The first-order valence-electron chi connectivity index (χ1n) is 8.42. The number of para-hydroxylation sites is 1. The summed E-state index contributed by atoms with van der Waals surface area (Å²) in [7, 11) is -3.06. The second kappa shape index (κ2) is 7.75. The molecule has 1 aromatic carbocycles. The Balaban J connectivity index is 0.000000515. The van der Waals surface area contributed by atoms with Crippen LogP contribution in [0.25, 0.3) is 0 Å². The predicted octanol–water partition coefficient (Wildman–Crippen LogP) is 7.61. The highest BCUT2D eigenvalue weighted by molar-refractivity contribution is 7.20. The Morgan fingerprint density at radius 2 is 1.22 bits per heavy atom. The first kappa shape index (κ1) is 22.7. The summed E-state index contributed by atoms with van der Waals surface area (Å²) >= 11 is 6.15. The predicted molar refractivity (Wildman–Crippen MR) is 112 cm³/mol. The van der Waals surface area contributed by atoms with E-state index in [9.17, 15) is 0 Å². The number of benzene rings is 1. The molecule has 0 fully saturated rings. The molecule has 0 bridgehead atoms. The second-order valence-corrected chi connectivity index (χ2v) is 21.4. The van der Waals surface area contributed by atoms with E-state index in [1.807, 2.05) is 12.1 Å². The summed E-state index contributed by atoms with van der Waals surface area (Å²) in [6.45, 7) is 24.4. The van der Waals surface area contributed by atoms with Gasteiger partial charge in [0.2, 0.25) is 8.32 Å². The molecule has 0 amide bonds. The number of aryl methyl sites for hydroxylation is 1. The molecule has 1 nitrogen and oxygen atoms in total. The van der Waals surface area contributed by atoms with E-state index in [0.717, 1.165) is 5.75 Å². The summed E-state index contributed by atoms with van der Waals surface area (Å²) in [4.78, 5) is 0. The van der Waals surface area contributed by atoms with E-state index >= 15 is 0 Å². The summed E-state index contributed by atoms with van der Waals surface area (Å²) in [6.07, 6.45) is 0. The Labute approximate surface area is 151 Å². The van der Waals surface area contributed by atoms with Gasteiger partial charge >= 0.3 is 0 Å². The Bertz CT molecular complexity index is 479. The zero-order valence-electron chi connectivity index (χ0n) is 17.1. The van der Waals surface area contributed by atoms with Crippen molar-refractivity contribution in [1.82, 2.24) is 0 Å². The van der Waals surface area contributed by atoms with Crippen molar-refractivity contribution in [2.45, 2.75) is 84.7 Å². The van der Waals surface area contributed by atoms with Gasteiger partial charge in [0.15, 0.2) is 7.38 Å². The van der Waals surface area contributed by atoms with Gasteiger partial charge in [0.05, 0.1) is 0 Å². The lowest BCUT2D eigenvalue weighted by atomic mass is 10.2. The van der Waals surface area contributed by atoms with Crippen molar-refractivity contribution in [2.24, 2.45) is 0 Å². The van der Waals surface area contributed by atoms with E-state index in [4.69, 9.17) is 15.5 Å². The molecule has 0 N–H and O–H groups in total. The van der Waals surface area contributed by atoms with E-state index in [0.29, 0.717) is 5.04 Å². The van der Waals surface area contributed by atoms with Crippen LogP contribution in [0.3, 0.4) is 0 Å². The molecule has 0 atom stereocenters. The van der Waals surface area contributed by atoms with Gasteiger partial charge in [-0.25, -0.2) is 0 Å². The van der Waals surface area contributed by atoms with Crippen LogP contribution >= 0.6 is 11.1 Å². The van der Waals surface area contributed by atoms with Crippen LogP contribution in [0.2, 0.25) is 36.3 Å². The molecule has 0 saturated carbocycles. The minimum Gasteiger partial charge on any atom is -0.543 e. The van der Waals surface area contributed by atoms with Crippen molar-refractivity contribution in [3.8, 4) is 5.75 Å². The lowest BCUT2D eigenvalue weighted by Crippen LogP contribution is -2.44. The minimum absolute atomic E-state index is 0.259. The SMILES string of the molecule is CC(C)(C)[Si](C)(C)Cl.Cc1ccccc1O[Si](C)(C)C(C)(C)C. The second-order valence-electron chi connectivity index (χ2n) is 9.35. The average molecular weight is 373 g/mol. The van der Waals surface area contributed by atoms with Crippen LogP contribution in [-0.2, 0) is 0 Å². The smallest absolute Gasteiger partial charge is 0.250 e. The summed E-state index contributed by atoms with van der Waals surface area (Å²) in [6, 6.07) is 8.25. The van der Waals surface area contributed by atoms with Gasteiger partial charge in [-0.3, -0.25) is 0 Å². The molecule has 0 heterocycles. The van der Waals surface area contributed by atoms with Gasteiger partial charge in [-0.15, -0.1) is 0 Å². The largest absolute Gasteiger partial charge is 0.543 e. The number of halogens is 1. The van der Waals surface area contributed by atoms with Crippen LogP contribution in [0.15, 0.2) is 24.3 Å². The molecule has 0 aromatic heterocycles. The summed E-state index contributed by atoms with van der Waals surface area (Å²) in [5.41, 5.74) is 1.22. The molecule has 0 saturated heterocycles. The molecule has 1 rings (SSSR count). The van der Waals surface area contributed by atoms with E-state index in [2.05, 4.69) is 86.8 Å². The van der Waals surface area contributed by atoms with Gasteiger partial charge in [-0.2, -0.15) is 11.1 Å². The molecule has 0 radical (unpaired) electrons. The van der Waals surface area contributed by atoms with Crippen molar-refractivity contribution in [2.75, 3.05) is 0 Å². The van der Waals surface area contributed by atoms with E-state index in [-0.39, 0.29) is 5.04 Å². The van der Waals surface area contributed by atoms with Crippen LogP contribution in [-0.4, -0.2) is 15.7 Å². The molecule has 4 heteroatoms. The Kier molecular flexibility index (Phi) is 7.66. The third kappa shape index (κ3) is 7.44. The first-order chi connectivity index (χ1) is 9.99. The third-order valence-corrected chi connectivity index (χ3v) is 14.7. The van der Waals surface area contributed by atoms with Crippen molar-refractivity contribution in [3.05, 3.63) is 29.8 Å². The fraction of sp³-hybridized carbons (Fsp3) is 0.684. The van der Waals surface area contributed by atoms with Crippen molar-refractivity contribution in [3.63, 3.8) is 0 Å². The van der Waals surface area contributed by atoms with Crippen molar-refractivity contribution < 1.29 is 4.43 Å². The van der Waals surface area contributed by atoms with Crippen LogP contribution in [0.1, 0.15) is 47.1 Å². The highest BCUT2D eigenvalue weighted by Gasteiger charge is 2.39. The lowest BCUT2D eigenvalue weighted by Gasteiger charge is -2.36. The number of rotatable bonds is 2. The minimum atomic E-state index is -1.68. The molecule has 134 valence electrons. The van der Waals surface area contributed by atoms with Gasteiger partial charge in [-0.1, -0.05) is 72.8 Å². The quantitative estimate of drug-likeness (QED) is 0.383. The Morgan fingerprint density at radius 3 is 1.52 bits per heavy atom. The molecule has 0 unspecified atom stereocenters. The fourth-order valence-electron chi connectivity index (χ4n) is 1.10. The van der Waals surface area contributed by atoms with E-state index in [1.165, 1.54) is 5.56 Å². The number of hydrogen-bond donors (Lipinski definition) is 0. The van der Waals surface area contributed by atoms with Crippen LogP contribution < -0.4 is 4.43 Å². The zero-order chi connectivity index (χ0) is 18.7. The Morgan fingerprint density at radius 1 is 0.826 bits per heavy atom. The van der Waals surface area contributed by atoms with Gasteiger partial charge in [0.25, 0.3) is 0 Å².